The molecule has 1 N–H and O–H groups in total. The number of hydrogen-bond donors (Lipinski definition) is 1. The Balaban J connectivity index is 1.72. The molecule has 0 saturated heterocycles. The van der Waals surface area contributed by atoms with E-state index in [1.54, 1.807) is 0 Å². The maximum atomic E-state index is 13.5. The molecule has 0 unspecified atom stereocenters. The molecule has 3 heterocycles. The third kappa shape index (κ3) is 3.01. The molecule has 1 aliphatic rings. The molecule has 5 rings (SSSR count). The third-order valence-electron chi connectivity index (χ3n) is 5.84. The summed E-state index contributed by atoms with van der Waals surface area (Å²) in [5.74, 6) is -0.231. The Labute approximate surface area is 163 Å². The fourth-order valence-electron chi connectivity index (χ4n) is 4.43. The minimum atomic E-state index is -0.231. The van der Waals surface area contributed by atoms with Crippen LogP contribution >= 0.6 is 0 Å². The normalized spacial score (nSPS) is 15.8. The first-order valence-electron chi connectivity index (χ1n) is 10.1. The van der Waals surface area contributed by atoms with Crippen molar-refractivity contribution in [3.8, 4) is 22.5 Å². The largest absolute Gasteiger partial charge is 0.346 e. The maximum absolute atomic E-state index is 13.5. The standard InChI is InChI=1S/C23H23FN4/c24-17-9-7-16(8-10-17)21-22(19-11-13-25-23-20(19)12-14-26-23)28(15-27-21)18-5-3-1-2-4-6-18/h7-15,18H,1-6H2,(H,25,26). The number of imidazole rings is 1. The van der Waals surface area contributed by atoms with E-state index < -0.39 is 0 Å². The van der Waals surface area contributed by atoms with Crippen molar-refractivity contribution in [2.24, 2.45) is 0 Å². The molecule has 5 heteroatoms. The fraction of sp³-hybridized carbons (Fsp3) is 0.304. The summed E-state index contributed by atoms with van der Waals surface area (Å²) in [5.41, 5.74) is 4.93. The highest BCUT2D eigenvalue weighted by Crippen LogP contribution is 2.39. The van der Waals surface area contributed by atoms with Crippen LogP contribution in [0.1, 0.15) is 44.6 Å². The lowest BCUT2D eigenvalue weighted by molar-refractivity contribution is 0.447. The molecular formula is C23H23FN4. The zero-order chi connectivity index (χ0) is 18.9. The van der Waals surface area contributed by atoms with Gasteiger partial charge >= 0.3 is 0 Å². The number of aromatic amines is 1. The minimum Gasteiger partial charge on any atom is -0.346 e. The van der Waals surface area contributed by atoms with Crippen LogP contribution in [-0.2, 0) is 0 Å². The van der Waals surface area contributed by atoms with Crippen LogP contribution in [-0.4, -0.2) is 19.5 Å². The van der Waals surface area contributed by atoms with Crippen LogP contribution in [0.5, 0.6) is 0 Å². The van der Waals surface area contributed by atoms with E-state index in [1.165, 1.54) is 50.7 Å². The van der Waals surface area contributed by atoms with Gasteiger partial charge in [0.2, 0.25) is 0 Å². The molecule has 0 spiro atoms. The summed E-state index contributed by atoms with van der Waals surface area (Å²) in [7, 11) is 0. The summed E-state index contributed by atoms with van der Waals surface area (Å²) in [6, 6.07) is 11.2. The summed E-state index contributed by atoms with van der Waals surface area (Å²) >= 11 is 0. The van der Waals surface area contributed by atoms with Gasteiger partial charge < -0.3 is 9.55 Å². The van der Waals surface area contributed by atoms with Gasteiger partial charge in [-0.2, -0.15) is 0 Å². The Morgan fingerprint density at radius 3 is 2.50 bits per heavy atom. The predicted octanol–water partition coefficient (Wildman–Crippen LogP) is 6.13. The second kappa shape index (κ2) is 7.23. The lowest BCUT2D eigenvalue weighted by Gasteiger charge is -2.20. The summed E-state index contributed by atoms with van der Waals surface area (Å²) in [4.78, 5) is 12.5. The van der Waals surface area contributed by atoms with Gasteiger partial charge in [-0.3, -0.25) is 0 Å². The summed E-state index contributed by atoms with van der Waals surface area (Å²) in [6.07, 6.45) is 13.2. The summed E-state index contributed by atoms with van der Waals surface area (Å²) in [5, 5.41) is 1.08. The first kappa shape index (κ1) is 17.2. The zero-order valence-electron chi connectivity index (χ0n) is 15.7. The molecule has 1 aliphatic carbocycles. The Hall–Kier alpha value is -2.95. The topological polar surface area (TPSA) is 46.5 Å². The second-order valence-corrected chi connectivity index (χ2v) is 7.60. The highest BCUT2D eigenvalue weighted by atomic mass is 19.1. The van der Waals surface area contributed by atoms with Crippen LogP contribution in [0.15, 0.2) is 55.1 Å². The van der Waals surface area contributed by atoms with E-state index in [4.69, 9.17) is 4.98 Å². The van der Waals surface area contributed by atoms with Crippen molar-refractivity contribution in [3.05, 3.63) is 60.9 Å². The van der Waals surface area contributed by atoms with Crippen LogP contribution in [0.2, 0.25) is 0 Å². The van der Waals surface area contributed by atoms with E-state index in [0.29, 0.717) is 6.04 Å². The van der Waals surface area contributed by atoms with Crippen LogP contribution in [0.3, 0.4) is 0 Å². The lowest BCUT2D eigenvalue weighted by atomic mass is 10.0. The van der Waals surface area contributed by atoms with Crippen molar-refractivity contribution >= 4 is 11.0 Å². The number of benzene rings is 1. The monoisotopic (exact) mass is 374 g/mol. The van der Waals surface area contributed by atoms with Gasteiger partial charge in [-0.25, -0.2) is 14.4 Å². The van der Waals surface area contributed by atoms with E-state index in [-0.39, 0.29) is 5.82 Å². The van der Waals surface area contributed by atoms with Crippen LogP contribution in [0, 0.1) is 5.82 Å². The first-order valence-corrected chi connectivity index (χ1v) is 10.1. The van der Waals surface area contributed by atoms with E-state index in [2.05, 4.69) is 26.7 Å². The number of H-pyrrole nitrogens is 1. The fourth-order valence-corrected chi connectivity index (χ4v) is 4.43. The van der Waals surface area contributed by atoms with Gasteiger partial charge in [0.15, 0.2) is 0 Å². The molecule has 1 fully saturated rings. The highest BCUT2D eigenvalue weighted by Gasteiger charge is 2.23. The van der Waals surface area contributed by atoms with Crippen molar-refractivity contribution in [1.82, 2.24) is 19.5 Å². The predicted molar refractivity (Wildman–Crippen MR) is 109 cm³/mol. The number of nitrogens with zero attached hydrogens (tertiary/aromatic N) is 3. The van der Waals surface area contributed by atoms with Gasteiger partial charge in [-0.05, 0) is 49.2 Å². The van der Waals surface area contributed by atoms with Gasteiger partial charge in [0.25, 0.3) is 0 Å². The Bertz CT molecular complexity index is 1090. The summed E-state index contributed by atoms with van der Waals surface area (Å²) < 4.78 is 15.8. The van der Waals surface area contributed by atoms with Gasteiger partial charge in [-0.15, -0.1) is 0 Å². The Morgan fingerprint density at radius 1 is 0.929 bits per heavy atom. The molecular weight excluding hydrogens is 351 g/mol. The van der Waals surface area contributed by atoms with Crippen LogP contribution in [0.25, 0.3) is 33.5 Å². The number of halogens is 1. The quantitative estimate of drug-likeness (QED) is 0.439. The minimum absolute atomic E-state index is 0.231. The lowest BCUT2D eigenvalue weighted by Crippen LogP contribution is -2.09. The zero-order valence-corrected chi connectivity index (χ0v) is 15.7. The third-order valence-corrected chi connectivity index (χ3v) is 5.84. The van der Waals surface area contributed by atoms with Crippen molar-refractivity contribution in [3.63, 3.8) is 0 Å². The number of hydrogen-bond acceptors (Lipinski definition) is 2. The van der Waals surface area contributed by atoms with E-state index in [9.17, 15) is 4.39 Å². The Morgan fingerprint density at radius 2 is 1.71 bits per heavy atom. The molecule has 4 nitrogen and oxygen atoms in total. The average molecular weight is 374 g/mol. The molecule has 0 radical (unpaired) electrons. The van der Waals surface area contributed by atoms with Crippen molar-refractivity contribution in [2.45, 2.75) is 44.6 Å². The molecule has 0 bridgehead atoms. The highest BCUT2D eigenvalue weighted by molar-refractivity contribution is 5.95. The number of nitrogens with one attached hydrogen (secondary N) is 1. The molecule has 28 heavy (non-hydrogen) atoms. The SMILES string of the molecule is Fc1ccc(-c2ncn(C3CCCCCC3)c2-c2ccnc3[nH]ccc23)cc1. The second-order valence-electron chi connectivity index (χ2n) is 7.60. The molecule has 3 aromatic heterocycles. The van der Waals surface area contributed by atoms with Crippen LogP contribution < -0.4 is 0 Å². The number of pyridine rings is 1. The maximum Gasteiger partial charge on any atom is 0.137 e. The number of rotatable bonds is 3. The molecule has 1 aromatic carbocycles. The van der Waals surface area contributed by atoms with Gasteiger partial charge in [0.05, 0.1) is 17.7 Å². The Kier molecular flexibility index (Phi) is 4.43. The molecule has 142 valence electrons. The van der Waals surface area contributed by atoms with Crippen molar-refractivity contribution in [2.75, 3.05) is 0 Å². The molecule has 0 amide bonds. The van der Waals surface area contributed by atoms with Gasteiger partial charge in [0, 0.05) is 34.9 Å². The van der Waals surface area contributed by atoms with Crippen molar-refractivity contribution in [1.29, 1.82) is 0 Å². The number of fused-ring (bicyclic) bond motifs is 1. The molecule has 4 aromatic rings. The van der Waals surface area contributed by atoms with Gasteiger partial charge in [-0.1, -0.05) is 25.7 Å². The first-order chi connectivity index (χ1) is 13.8. The van der Waals surface area contributed by atoms with Crippen molar-refractivity contribution < 1.29 is 4.39 Å². The van der Waals surface area contributed by atoms with Crippen LogP contribution in [0.4, 0.5) is 4.39 Å². The summed E-state index contributed by atoms with van der Waals surface area (Å²) in [6.45, 7) is 0. The molecule has 1 saturated carbocycles. The van der Waals surface area contributed by atoms with E-state index in [0.717, 1.165) is 33.5 Å². The molecule has 0 atom stereocenters. The van der Waals surface area contributed by atoms with Gasteiger partial charge in [0.1, 0.15) is 11.5 Å². The average Bonchev–Trinajstić information content (AvgIpc) is 3.29. The molecule has 0 aliphatic heterocycles. The van der Waals surface area contributed by atoms with E-state index >= 15 is 0 Å². The smallest absolute Gasteiger partial charge is 0.137 e. The van der Waals surface area contributed by atoms with E-state index in [1.807, 2.05) is 30.9 Å². The number of aromatic nitrogens is 4.